The zero-order chi connectivity index (χ0) is 13.2. The van der Waals surface area contributed by atoms with Crippen LogP contribution in [-0.2, 0) is 6.42 Å². The van der Waals surface area contributed by atoms with Gasteiger partial charge in [-0.2, -0.15) is 0 Å². The van der Waals surface area contributed by atoms with Gasteiger partial charge >= 0.3 is 0 Å². The highest BCUT2D eigenvalue weighted by Gasteiger charge is 2.11. The number of nitrogens with one attached hydrogen (secondary N) is 2. The molecule has 0 spiro atoms. The summed E-state index contributed by atoms with van der Waals surface area (Å²) in [6, 6.07) is 11.9. The molecule has 0 aromatic heterocycles. The van der Waals surface area contributed by atoms with E-state index in [0.717, 1.165) is 12.2 Å². The van der Waals surface area contributed by atoms with E-state index in [-0.39, 0.29) is 0 Å². The van der Waals surface area contributed by atoms with Crippen LogP contribution in [0.5, 0.6) is 0 Å². The third-order valence-electron chi connectivity index (χ3n) is 3.10. The van der Waals surface area contributed by atoms with Crippen LogP contribution in [0.3, 0.4) is 0 Å². The number of hydrogen-bond donors (Lipinski definition) is 2. The van der Waals surface area contributed by atoms with Crippen molar-refractivity contribution in [2.24, 2.45) is 0 Å². The molecule has 1 rings (SSSR count). The molecule has 0 radical (unpaired) electrons. The molecular formula is C15H26N2S. The number of benzene rings is 1. The predicted octanol–water partition coefficient (Wildman–Crippen LogP) is 3.24. The molecule has 0 saturated carbocycles. The van der Waals surface area contributed by atoms with Gasteiger partial charge < -0.3 is 5.32 Å². The van der Waals surface area contributed by atoms with E-state index in [1.165, 1.54) is 18.4 Å². The quantitative estimate of drug-likeness (QED) is 0.671. The molecule has 0 bridgehead atoms. The highest BCUT2D eigenvalue weighted by atomic mass is 32.2. The zero-order valence-corrected chi connectivity index (χ0v) is 12.6. The van der Waals surface area contributed by atoms with Crippen molar-refractivity contribution in [3.05, 3.63) is 35.9 Å². The molecule has 2 atom stereocenters. The Morgan fingerprint density at radius 2 is 1.94 bits per heavy atom. The van der Waals surface area contributed by atoms with Gasteiger partial charge in [0.05, 0.1) is 0 Å². The summed E-state index contributed by atoms with van der Waals surface area (Å²) in [7, 11) is 2.06. The van der Waals surface area contributed by atoms with Crippen LogP contribution >= 0.6 is 11.9 Å². The van der Waals surface area contributed by atoms with E-state index in [0.29, 0.717) is 12.1 Å². The molecule has 0 fully saturated rings. The molecule has 3 heteroatoms. The lowest BCUT2D eigenvalue weighted by Gasteiger charge is -2.21. The predicted molar refractivity (Wildman–Crippen MR) is 83.0 cm³/mol. The average Bonchev–Trinajstić information content (AvgIpc) is 2.42. The fraction of sp³-hybridized carbons (Fsp3) is 0.600. The molecule has 2 nitrogen and oxygen atoms in total. The Hall–Kier alpha value is -0.510. The first-order valence-electron chi connectivity index (χ1n) is 6.84. The Kier molecular flexibility index (Phi) is 8.14. The first-order chi connectivity index (χ1) is 8.76. The summed E-state index contributed by atoms with van der Waals surface area (Å²) in [5.41, 5.74) is 1.43. The van der Waals surface area contributed by atoms with Crippen LogP contribution in [0, 0.1) is 0 Å². The van der Waals surface area contributed by atoms with E-state index in [9.17, 15) is 0 Å². The number of hydrogen-bond acceptors (Lipinski definition) is 3. The van der Waals surface area contributed by atoms with Crippen molar-refractivity contribution in [1.29, 1.82) is 0 Å². The Labute approximate surface area is 116 Å². The van der Waals surface area contributed by atoms with Crippen molar-refractivity contribution in [2.75, 3.05) is 12.8 Å². The summed E-state index contributed by atoms with van der Waals surface area (Å²) in [5, 5.41) is 3.43. The van der Waals surface area contributed by atoms with Crippen molar-refractivity contribution in [3.63, 3.8) is 0 Å². The monoisotopic (exact) mass is 266 g/mol. The summed E-state index contributed by atoms with van der Waals surface area (Å²) in [4.78, 5) is 0. The van der Waals surface area contributed by atoms with Gasteiger partial charge in [0.2, 0.25) is 0 Å². The van der Waals surface area contributed by atoms with Crippen LogP contribution in [0.15, 0.2) is 30.3 Å². The Balaban J connectivity index is 2.29. The summed E-state index contributed by atoms with van der Waals surface area (Å²) < 4.78 is 3.47. The number of aryl methyl sites for hydroxylation is 1. The Bertz CT molecular complexity index is 303. The molecular weight excluding hydrogens is 240 g/mol. The molecule has 102 valence electrons. The summed E-state index contributed by atoms with van der Waals surface area (Å²) in [6.07, 6.45) is 3.53. The molecule has 0 aliphatic heterocycles. The maximum Gasteiger partial charge on any atom is 0.0158 e. The van der Waals surface area contributed by atoms with Crippen molar-refractivity contribution in [3.8, 4) is 0 Å². The van der Waals surface area contributed by atoms with E-state index < -0.39 is 0 Å². The van der Waals surface area contributed by atoms with Crippen LogP contribution in [0.2, 0.25) is 0 Å². The Morgan fingerprint density at radius 3 is 2.56 bits per heavy atom. The molecule has 1 aromatic rings. The third-order valence-corrected chi connectivity index (χ3v) is 3.96. The fourth-order valence-electron chi connectivity index (χ4n) is 2.07. The molecule has 1 aromatic carbocycles. The summed E-state index contributed by atoms with van der Waals surface area (Å²) in [6.45, 7) is 4.44. The summed E-state index contributed by atoms with van der Waals surface area (Å²) >= 11 is 1.81. The molecule has 0 amide bonds. The van der Waals surface area contributed by atoms with Gasteiger partial charge in [-0.1, -0.05) is 49.2 Å². The van der Waals surface area contributed by atoms with E-state index in [4.69, 9.17) is 0 Å². The third kappa shape index (κ3) is 6.43. The van der Waals surface area contributed by atoms with E-state index in [1.54, 1.807) is 11.9 Å². The Morgan fingerprint density at radius 1 is 1.22 bits per heavy atom. The lowest BCUT2D eigenvalue weighted by atomic mass is 10.0. The zero-order valence-electron chi connectivity index (χ0n) is 11.8. The van der Waals surface area contributed by atoms with Gasteiger partial charge in [0.25, 0.3) is 0 Å². The van der Waals surface area contributed by atoms with Crippen LogP contribution in [0.4, 0.5) is 0 Å². The minimum absolute atomic E-state index is 0.558. The van der Waals surface area contributed by atoms with Crippen molar-refractivity contribution in [2.45, 2.75) is 45.2 Å². The molecule has 2 N–H and O–H groups in total. The fourth-order valence-corrected chi connectivity index (χ4v) is 2.61. The first kappa shape index (κ1) is 15.5. The molecule has 18 heavy (non-hydrogen) atoms. The second kappa shape index (κ2) is 9.42. The lowest BCUT2D eigenvalue weighted by molar-refractivity contribution is 0.444. The summed E-state index contributed by atoms with van der Waals surface area (Å²) in [5.74, 6) is 1.12. The van der Waals surface area contributed by atoms with E-state index in [1.807, 2.05) is 0 Å². The largest absolute Gasteiger partial charge is 0.317 e. The maximum atomic E-state index is 3.47. The molecule has 0 saturated heterocycles. The smallest absolute Gasteiger partial charge is 0.0158 e. The average molecular weight is 266 g/mol. The highest BCUT2D eigenvalue weighted by Crippen LogP contribution is 2.10. The van der Waals surface area contributed by atoms with Gasteiger partial charge in [-0.3, -0.25) is 4.72 Å². The number of rotatable bonds is 9. The molecule has 0 aliphatic carbocycles. The minimum Gasteiger partial charge on any atom is -0.317 e. The van der Waals surface area contributed by atoms with Gasteiger partial charge in [0, 0.05) is 17.8 Å². The van der Waals surface area contributed by atoms with E-state index >= 15 is 0 Å². The second-order valence-corrected chi connectivity index (χ2v) is 5.80. The van der Waals surface area contributed by atoms with Gasteiger partial charge in [-0.25, -0.2) is 0 Å². The normalized spacial score (nSPS) is 14.4. The van der Waals surface area contributed by atoms with Crippen LogP contribution in [-0.4, -0.2) is 24.9 Å². The minimum atomic E-state index is 0.558. The lowest BCUT2D eigenvalue weighted by Crippen LogP contribution is -2.33. The molecule has 0 heterocycles. The van der Waals surface area contributed by atoms with Crippen LogP contribution in [0.25, 0.3) is 0 Å². The highest BCUT2D eigenvalue weighted by molar-refractivity contribution is 7.97. The standard InChI is InChI=1S/C15H26N2S/c1-4-18-17-13(2)12-15(16-3)11-10-14-8-6-5-7-9-14/h5-9,13,15-17H,4,10-12H2,1-3H3/t13-,15?/m1/s1. The van der Waals surface area contributed by atoms with Gasteiger partial charge in [-0.05, 0) is 38.8 Å². The van der Waals surface area contributed by atoms with Gasteiger partial charge in [-0.15, -0.1) is 0 Å². The van der Waals surface area contributed by atoms with Crippen molar-refractivity contribution < 1.29 is 0 Å². The maximum absolute atomic E-state index is 3.47. The van der Waals surface area contributed by atoms with Crippen LogP contribution < -0.4 is 10.0 Å². The van der Waals surface area contributed by atoms with Gasteiger partial charge in [0.15, 0.2) is 0 Å². The van der Waals surface area contributed by atoms with Crippen molar-refractivity contribution in [1.82, 2.24) is 10.0 Å². The first-order valence-corrected chi connectivity index (χ1v) is 7.83. The van der Waals surface area contributed by atoms with E-state index in [2.05, 4.69) is 61.3 Å². The SMILES string of the molecule is CCSN[C@H](C)CC(CCc1ccccc1)NC. The molecule has 1 unspecified atom stereocenters. The van der Waals surface area contributed by atoms with Crippen LogP contribution in [0.1, 0.15) is 32.3 Å². The van der Waals surface area contributed by atoms with Crippen molar-refractivity contribution >= 4 is 11.9 Å². The second-order valence-electron chi connectivity index (χ2n) is 4.70. The van der Waals surface area contributed by atoms with Gasteiger partial charge in [0.1, 0.15) is 0 Å². The topological polar surface area (TPSA) is 24.1 Å². The molecule has 0 aliphatic rings.